The van der Waals surface area contributed by atoms with Gasteiger partial charge in [-0.15, -0.1) is 0 Å². The summed E-state index contributed by atoms with van der Waals surface area (Å²) in [4.78, 5) is 4.30. The van der Waals surface area contributed by atoms with Crippen LogP contribution in [-0.2, 0) is 11.2 Å². The highest BCUT2D eigenvalue weighted by Gasteiger charge is 2.13. The molecule has 1 heterocycles. The van der Waals surface area contributed by atoms with Gasteiger partial charge in [0.15, 0.2) is 5.82 Å². The number of hydrogen-bond acceptors (Lipinski definition) is 5. The van der Waals surface area contributed by atoms with Gasteiger partial charge >= 0.3 is 0 Å². The van der Waals surface area contributed by atoms with Gasteiger partial charge in [0.1, 0.15) is 0 Å². The summed E-state index contributed by atoms with van der Waals surface area (Å²) in [6.07, 6.45) is 0.702. The predicted molar refractivity (Wildman–Crippen MR) is 56.8 cm³/mol. The minimum Gasteiger partial charge on any atom is -0.384 e. The first-order valence-electron chi connectivity index (χ1n) is 5.30. The second-order valence-corrected chi connectivity index (χ2v) is 3.50. The second-order valence-electron chi connectivity index (χ2n) is 3.50. The van der Waals surface area contributed by atoms with E-state index in [1.165, 1.54) is 0 Å². The van der Waals surface area contributed by atoms with Gasteiger partial charge < -0.3 is 14.6 Å². The quantitative estimate of drug-likeness (QED) is 0.731. The third-order valence-corrected chi connectivity index (χ3v) is 2.14. The fourth-order valence-corrected chi connectivity index (χ4v) is 1.21. The first-order chi connectivity index (χ1) is 7.27. The first-order valence-corrected chi connectivity index (χ1v) is 5.30. The number of likely N-dealkylation sites (N-methyl/N-ethyl adjacent to an activating group) is 1. The normalized spacial score (nSPS) is 13.0. The topological polar surface area (TPSA) is 60.2 Å². The fourth-order valence-electron chi connectivity index (χ4n) is 1.21. The number of rotatable bonds is 7. The van der Waals surface area contributed by atoms with Crippen molar-refractivity contribution in [3.63, 3.8) is 0 Å². The third-order valence-electron chi connectivity index (χ3n) is 2.14. The molecule has 1 unspecified atom stereocenters. The molecule has 0 saturated heterocycles. The molecule has 0 aromatic carbocycles. The summed E-state index contributed by atoms with van der Waals surface area (Å²) in [5, 5.41) is 7.14. The number of nitrogens with zero attached hydrogens (tertiary/aromatic N) is 2. The summed E-state index contributed by atoms with van der Waals surface area (Å²) >= 11 is 0. The maximum Gasteiger partial charge on any atom is 0.230 e. The van der Waals surface area contributed by atoms with E-state index >= 15 is 0 Å². The van der Waals surface area contributed by atoms with Crippen molar-refractivity contribution >= 4 is 0 Å². The van der Waals surface area contributed by atoms with Crippen molar-refractivity contribution in [1.82, 2.24) is 15.5 Å². The smallest absolute Gasteiger partial charge is 0.230 e. The summed E-state index contributed by atoms with van der Waals surface area (Å²) in [6.45, 7) is 6.58. The molecule has 15 heavy (non-hydrogen) atoms. The number of nitrogens with one attached hydrogen (secondary N) is 1. The summed E-state index contributed by atoms with van der Waals surface area (Å²) < 4.78 is 10.1. The third kappa shape index (κ3) is 3.97. The Morgan fingerprint density at radius 3 is 3.00 bits per heavy atom. The Morgan fingerprint density at radius 2 is 2.33 bits per heavy atom. The molecule has 5 nitrogen and oxygen atoms in total. The molecule has 86 valence electrons. The van der Waals surface area contributed by atoms with Crippen LogP contribution in [0.4, 0.5) is 0 Å². The van der Waals surface area contributed by atoms with Crippen molar-refractivity contribution < 1.29 is 9.26 Å². The van der Waals surface area contributed by atoms with Crippen LogP contribution in [0.1, 0.15) is 31.5 Å². The average Bonchev–Trinajstić information content (AvgIpc) is 2.71. The van der Waals surface area contributed by atoms with Crippen LogP contribution >= 0.6 is 0 Å². The van der Waals surface area contributed by atoms with Crippen LogP contribution in [0.25, 0.3) is 0 Å². The van der Waals surface area contributed by atoms with Crippen LogP contribution in [0.2, 0.25) is 0 Å². The lowest BCUT2D eigenvalue weighted by Crippen LogP contribution is -2.19. The van der Waals surface area contributed by atoms with Crippen molar-refractivity contribution in [2.24, 2.45) is 0 Å². The Labute approximate surface area is 90.2 Å². The number of hydrogen-bond donors (Lipinski definition) is 1. The zero-order valence-corrected chi connectivity index (χ0v) is 9.62. The van der Waals surface area contributed by atoms with E-state index in [-0.39, 0.29) is 5.92 Å². The molecular formula is C10H19N3O2. The lowest BCUT2D eigenvalue weighted by molar-refractivity contribution is 0.199. The van der Waals surface area contributed by atoms with Crippen molar-refractivity contribution in [1.29, 1.82) is 0 Å². The molecule has 0 radical (unpaired) electrons. The number of methoxy groups -OCH3 is 1. The molecule has 1 atom stereocenters. The van der Waals surface area contributed by atoms with Gasteiger partial charge in [-0.2, -0.15) is 4.98 Å². The molecule has 5 heteroatoms. The molecule has 0 saturated carbocycles. The minimum atomic E-state index is 0.258. The molecule has 1 rings (SSSR count). The molecule has 0 aliphatic carbocycles. The van der Waals surface area contributed by atoms with Crippen LogP contribution in [-0.4, -0.2) is 36.9 Å². The zero-order valence-electron chi connectivity index (χ0n) is 9.62. The van der Waals surface area contributed by atoms with Gasteiger partial charge in [-0.25, -0.2) is 0 Å². The van der Waals surface area contributed by atoms with Gasteiger partial charge in [0.2, 0.25) is 5.89 Å². The van der Waals surface area contributed by atoms with Crippen molar-refractivity contribution in [3.8, 4) is 0 Å². The Balaban J connectivity index is 2.43. The lowest BCUT2D eigenvalue weighted by atomic mass is 10.2. The van der Waals surface area contributed by atoms with Crippen LogP contribution < -0.4 is 5.32 Å². The van der Waals surface area contributed by atoms with Crippen molar-refractivity contribution in [2.75, 3.05) is 26.8 Å². The van der Waals surface area contributed by atoms with E-state index in [4.69, 9.17) is 9.26 Å². The van der Waals surface area contributed by atoms with Crippen LogP contribution in [0.15, 0.2) is 4.52 Å². The van der Waals surface area contributed by atoms with E-state index in [9.17, 15) is 0 Å². The molecule has 0 bridgehead atoms. The van der Waals surface area contributed by atoms with Gasteiger partial charge in [0, 0.05) is 26.0 Å². The van der Waals surface area contributed by atoms with Gasteiger partial charge in [-0.05, 0) is 6.54 Å². The van der Waals surface area contributed by atoms with Gasteiger partial charge in [0.25, 0.3) is 0 Å². The van der Waals surface area contributed by atoms with Crippen molar-refractivity contribution in [3.05, 3.63) is 11.7 Å². The SMILES string of the molecule is CCNCC(C)c1nc(CCOC)no1. The lowest BCUT2D eigenvalue weighted by Gasteiger charge is -2.05. The highest BCUT2D eigenvalue weighted by atomic mass is 16.5. The monoisotopic (exact) mass is 213 g/mol. The number of ether oxygens (including phenoxy) is 1. The molecule has 0 aliphatic rings. The average molecular weight is 213 g/mol. The van der Waals surface area contributed by atoms with E-state index in [2.05, 4.69) is 29.3 Å². The predicted octanol–water partition coefficient (Wildman–Crippen LogP) is 0.971. The van der Waals surface area contributed by atoms with Gasteiger partial charge in [-0.3, -0.25) is 0 Å². The molecule has 0 spiro atoms. The Kier molecular flexibility index (Phi) is 5.28. The van der Waals surface area contributed by atoms with E-state index in [0.717, 1.165) is 18.9 Å². The zero-order chi connectivity index (χ0) is 11.1. The Hall–Kier alpha value is -0.940. The molecule has 0 fully saturated rings. The van der Waals surface area contributed by atoms with Gasteiger partial charge in [-0.1, -0.05) is 19.0 Å². The maximum atomic E-state index is 5.16. The molecular weight excluding hydrogens is 194 g/mol. The van der Waals surface area contributed by atoms with E-state index in [0.29, 0.717) is 18.9 Å². The van der Waals surface area contributed by atoms with E-state index < -0.39 is 0 Å². The van der Waals surface area contributed by atoms with Crippen molar-refractivity contribution in [2.45, 2.75) is 26.2 Å². The van der Waals surface area contributed by atoms with E-state index in [1.54, 1.807) is 7.11 Å². The van der Waals surface area contributed by atoms with Crippen LogP contribution in [0.3, 0.4) is 0 Å². The second kappa shape index (κ2) is 6.53. The van der Waals surface area contributed by atoms with Crippen LogP contribution in [0.5, 0.6) is 0 Å². The van der Waals surface area contributed by atoms with Crippen LogP contribution in [0, 0.1) is 0 Å². The molecule has 0 aliphatic heterocycles. The summed E-state index contributed by atoms with van der Waals surface area (Å²) in [5.74, 6) is 1.67. The first kappa shape index (κ1) is 12.1. The van der Waals surface area contributed by atoms with E-state index in [1.807, 2.05) is 0 Å². The molecule has 0 amide bonds. The highest BCUT2D eigenvalue weighted by molar-refractivity contribution is 4.93. The summed E-state index contributed by atoms with van der Waals surface area (Å²) in [5.41, 5.74) is 0. The molecule has 1 N–H and O–H groups in total. The Bertz CT molecular complexity index is 275. The molecule has 1 aromatic heterocycles. The fraction of sp³-hybridized carbons (Fsp3) is 0.800. The summed E-state index contributed by atoms with van der Waals surface area (Å²) in [6, 6.07) is 0. The Morgan fingerprint density at radius 1 is 1.53 bits per heavy atom. The maximum absolute atomic E-state index is 5.16. The minimum absolute atomic E-state index is 0.258. The standard InChI is InChI=1S/C10H19N3O2/c1-4-11-7-8(2)10-12-9(13-15-10)5-6-14-3/h8,11H,4-7H2,1-3H3. The van der Waals surface area contributed by atoms with Gasteiger partial charge in [0.05, 0.1) is 6.61 Å². The number of aromatic nitrogens is 2. The summed E-state index contributed by atoms with van der Waals surface area (Å²) in [7, 11) is 1.66. The largest absolute Gasteiger partial charge is 0.384 e. The highest BCUT2D eigenvalue weighted by Crippen LogP contribution is 2.11. The molecule has 1 aromatic rings.